The largest absolute Gasteiger partial charge is 0.495 e. The maximum atomic E-state index is 12.9. The van der Waals surface area contributed by atoms with Gasteiger partial charge in [-0.05, 0) is 38.1 Å². The van der Waals surface area contributed by atoms with E-state index in [1.807, 2.05) is 4.90 Å². The molecule has 0 bridgehead atoms. The van der Waals surface area contributed by atoms with Crippen molar-refractivity contribution in [3.05, 3.63) is 35.2 Å². The summed E-state index contributed by atoms with van der Waals surface area (Å²) in [7, 11) is 3.60. The zero-order chi connectivity index (χ0) is 20.4. The molecule has 1 atom stereocenters. The third kappa shape index (κ3) is 4.09. The number of aromatic nitrogens is 3. The van der Waals surface area contributed by atoms with E-state index < -0.39 is 0 Å². The van der Waals surface area contributed by atoms with E-state index in [9.17, 15) is 9.59 Å². The van der Waals surface area contributed by atoms with E-state index in [1.165, 1.54) is 0 Å². The summed E-state index contributed by atoms with van der Waals surface area (Å²) in [5, 5.41) is 13.8. The molecule has 2 amide bonds. The van der Waals surface area contributed by atoms with E-state index >= 15 is 0 Å². The van der Waals surface area contributed by atoms with E-state index in [-0.39, 0.29) is 17.7 Å². The first-order chi connectivity index (χ1) is 14.0. The number of methoxy groups -OCH3 is 1. The number of ether oxygens (including phenoxy) is 1. The molecule has 4 rings (SSSR count). The number of piperazine rings is 1. The number of nitrogens with one attached hydrogen (secondary N) is 2. The maximum absolute atomic E-state index is 12.9. The molecule has 154 valence electrons. The number of aryl methyl sites for hydroxylation is 1. The van der Waals surface area contributed by atoms with Crippen molar-refractivity contribution in [1.82, 2.24) is 25.2 Å². The Kier molecular flexibility index (Phi) is 5.48. The minimum atomic E-state index is -0.186. The normalized spacial score (nSPS) is 19.5. The number of carbonyl (C=O) groups excluding carboxylic acids is 2. The SMILES string of the molecule is COc1ccc(C(=O)N2CCN(C)CC2)cc1NC(=O)C1CCc2n[nH]nc2C1. The zero-order valence-electron chi connectivity index (χ0n) is 16.8. The second kappa shape index (κ2) is 8.20. The molecule has 1 aromatic heterocycles. The van der Waals surface area contributed by atoms with Gasteiger partial charge in [0.1, 0.15) is 5.75 Å². The van der Waals surface area contributed by atoms with Gasteiger partial charge >= 0.3 is 0 Å². The Morgan fingerprint density at radius 3 is 2.69 bits per heavy atom. The van der Waals surface area contributed by atoms with E-state index in [0.29, 0.717) is 42.9 Å². The average molecular weight is 398 g/mol. The average Bonchev–Trinajstić information content (AvgIpc) is 3.21. The van der Waals surface area contributed by atoms with Gasteiger partial charge in [-0.15, -0.1) is 0 Å². The molecule has 0 radical (unpaired) electrons. The highest BCUT2D eigenvalue weighted by molar-refractivity contribution is 5.99. The Bertz CT molecular complexity index is 903. The summed E-state index contributed by atoms with van der Waals surface area (Å²) < 4.78 is 5.40. The van der Waals surface area contributed by atoms with Crippen molar-refractivity contribution in [2.75, 3.05) is 45.7 Å². The summed E-state index contributed by atoms with van der Waals surface area (Å²) in [6.07, 6.45) is 2.00. The Balaban J connectivity index is 1.48. The Morgan fingerprint density at radius 1 is 1.17 bits per heavy atom. The van der Waals surface area contributed by atoms with Crippen LogP contribution in [0.2, 0.25) is 0 Å². The number of carbonyl (C=O) groups is 2. The minimum absolute atomic E-state index is 0.0267. The predicted octanol–water partition coefficient (Wildman–Crippen LogP) is 0.945. The first kappa shape index (κ1) is 19.4. The van der Waals surface area contributed by atoms with Crippen LogP contribution in [0.25, 0.3) is 0 Å². The van der Waals surface area contributed by atoms with Crippen molar-refractivity contribution in [2.45, 2.75) is 19.3 Å². The van der Waals surface area contributed by atoms with E-state index in [2.05, 4.69) is 32.7 Å². The van der Waals surface area contributed by atoms with Crippen molar-refractivity contribution in [3.8, 4) is 5.75 Å². The fourth-order valence-electron chi connectivity index (χ4n) is 3.87. The summed E-state index contributed by atoms with van der Waals surface area (Å²) in [6.45, 7) is 3.12. The zero-order valence-corrected chi connectivity index (χ0v) is 16.8. The number of rotatable bonds is 4. The molecule has 0 spiro atoms. The maximum Gasteiger partial charge on any atom is 0.254 e. The third-order valence-electron chi connectivity index (χ3n) is 5.74. The molecule has 9 heteroatoms. The number of hydrogen-bond acceptors (Lipinski definition) is 6. The number of hydrogen-bond donors (Lipinski definition) is 2. The Hall–Kier alpha value is -2.94. The Morgan fingerprint density at radius 2 is 1.93 bits per heavy atom. The quantitative estimate of drug-likeness (QED) is 0.795. The number of H-pyrrole nitrogens is 1. The van der Waals surface area contributed by atoms with Gasteiger partial charge in [0, 0.05) is 44.1 Å². The highest BCUT2D eigenvalue weighted by Crippen LogP contribution is 2.29. The minimum Gasteiger partial charge on any atom is -0.495 e. The lowest BCUT2D eigenvalue weighted by Crippen LogP contribution is -2.47. The van der Waals surface area contributed by atoms with Gasteiger partial charge in [0.05, 0.1) is 24.2 Å². The molecule has 1 unspecified atom stereocenters. The van der Waals surface area contributed by atoms with Gasteiger partial charge in [0.15, 0.2) is 0 Å². The molecule has 2 heterocycles. The van der Waals surface area contributed by atoms with Crippen LogP contribution in [0.4, 0.5) is 5.69 Å². The standard InChI is InChI=1S/C20H26N6O3/c1-25-7-9-26(10-8-25)20(28)14-4-6-18(29-2)17(12-14)21-19(27)13-3-5-15-16(11-13)23-24-22-15/h4,6,12-13H,3,5,7-11H2,1-2H3,(H,21,27)(H,22,23,24). The van der Waals surface area contributed by atoms with Gasteiger partial charge in [-0.25, -0.2) is 0 Å². The number of likely N-dealkylation sites (N-methyl/N-ethyl adjacent to an activating group) is 1. The number of fused-ring (bicyclic) bond motifs is 1. The number of benzene rings is 1. The van der Waals surface area contributed by atoms with E-state index in [1.54, 1.807) is 25.3 Å². The van der Waals surface area contributed by atoms with Gasteiger partial charge < -0.3 is 19.9 Å². The molecular formula is C20H26N6O3. The fourth-order valence-corrected chi connectivity index (χ4v) is 3.87. The molecule has 1 aliphatic carbocycles. The number of amides is 2. The van der Waals surface area contributed by atoms with E-state index in [0.717, 1.165) is 30.9 Å². The molecule has 9 nitrogen and oxygen atoms in total. The summed E-state index contributed by atoms with van der Waals surface area (Å²) in [5.41, 5.74) is 2.85. The molecule has 1 aliphatic heterocycles. The first-order valence-electron chi connectivity index (χ1n) is 9.90. The molecule has 1 fully saturated rings. The van der Waals surface area contributed by atoms with Crippen LogP contribution in [0.15, 0.2) is 18.2 Å². The topological polar surface area (TPSA) is 103 Å². The summed E-state index contributed by atoms with van der Waals surface area (Å²) >= 11 is 0. The Labute approximate surface area is 169 Å². The number of aromatic amines is 1. The lowest BCUT2D eigenvalue weighted by atomic mass is 9.89. The van der Waals surface area contributed by atoms with E-state index in [4.69, 9.17) is 4.74 Å². The third-order valence-corrected chi connectivity index (χ3v) is 5.74. The second-order valence-electron chi connectivity index (χ2n) is 7.66. The van der Waals surface area contributed by atoms with Crippen molar-refractivity contribution < 1.29 is 14.3 Å². The molecular weight excluding hydrogens is 372 g/mol. The van der Waals surface area contributed by atoms with Crippen molar-refractivity contribution >= 4 is 17.5 Å². The van der Waals surface area contributed by atoms with Crippen molar-refractivity contribution in [2.24, 2.45) is 5.92 Å². The fraction of sp³-hybridized carbons (Fsp3) is 0.500. The van der Waals surface area contributed by atoms with Crippen LogP contribution >= 0.6 is 0 Å². The van der Waals surface area contributed by atoms with Crippen LogP contribution < -0.4 is 10.1 Å². The van der Waals surface area contributed by atoms with Crippen LogP contribution in [0, 0.1) is 5.92 Å². The molecule has 2 N–H and O–H groups in total. The van der Waals surface area contributed by atoms with Crippen molar-refractivity contribution in [1.29, 1.82) is 0 Å². The van der Waals surface area contributed by atoms with Crippen molar-refractivity contribution in [3.63, 3.8) is 0 Å². The highest BCUT2D eigenvalue weighted by atomic mass is 16.5. The first-order valence-corrected chi connectivity index (χ1v) is 9.90. The number of anilines is 1. The summed E-state index contributed by atoms with van der Waals surface area (Å²) in [5.74, 6) is 0.225. The smallest absolute Gasteiger partial charge is 0.254 e. The molecule has 29 heavy (non-hydrogen) atoms. The van der Waals surface area contributed by atoms with Gasteiger partial charge in [0.25, 0.3) is 5.91 Å². The monoisotopic (exact) mass is 398 g/mol. The van der Waals surface area contributed by atoms with Crippen LogP contribution in [0.1, 0.15) is 28.2 Å². The second-order valence-corrected chi connectivity index (χ2v) is 7.66. The molecule has 1 saturated heterocycles. The van der Waals surface area contributed by atoms with Gasteiger partial charge in [0.2, 0.25) is 5.91 Å². The van der Waals surface area contributed by atoms with Crippen LogP contribution in [0.3, 0.4) is 0 Å². The molecule has 2 aromatic rings. The summed E-state index contributed by atoms with van der Waals surface area (Å²) in [4.78, 5) is 29.8. The van der Waals surface area contributed by atoms with Gasteiger partial charge in [-0.2, -0.15) is 15.4 Å². The lowest BCUT2D eigenvalue weighted by molar-refractivity contribution is -0.120. The predicted molar refractivity (Wildman–Crippen MR) is 107 cm³/mol. The van der Waals surface area contributed by atoms with Gasteiger partial charge in [-0.3, -0.25) is 9.59 Å². The lowest BCUT2D eigenvalue weighted by Gasteiger charge is -2.32. The summed E-state index contributed by atoms with van der Waals surface area (Å²) in [6, 6.07) is 5.19. The van der Waals surface area contributed by atoms with Crippen LogP contribution in [-0.4, -0.2) is 77.4 Å². The van der Waals surface area contributed by atoms with Crippen LogP contribution in [0.5, 0.6) is 5.75 Å². The highest BCUT2D eigenvalue weighted by Gasteiger charge is 2.28. The van der Waals surface area contributed by atoms with Gasteiger partial charge in [-0.1, -0.05) is 0 Å². The van der Waals surface area contributed by atoms with Crippen LogP contribution in [-0.2, 0) is 17.6 Å². The molecule has 1 aromatic carbocycles. The molecule has 0 saturated carbocycles. The number of nitrogens with zero attached hydrogens (tertiary/aromatic N) is 4. The molecule has 2 aliphatic rings.